The van der Waals surface area contributed by atoms with Gasteiger partial charge < -0.3 is 10.2 Å². The maximum Gasteiger partial charge on any atom is 0.0291 e. The van der Waals surface area contributed by atoms with Crippen LogP contribution in [-0.2, 0) is 0 Å². The van der Waals surface area contributed by atoms with Crippen LogP contribution in [0.3, 0.4) is 0 Å². The maximum absolute atomic E-state index is 3.71. The Morgan fingerprint density at radius 1 is 1.05 bits per heavy atom. The van der Waals surface area contributed by atoms with Gasteiger partial charge in [0.05, 0.1) is 0 Å². The van der Waals surface area contributed by atoms with Crippen LogP contribution in [0.4, 0.5) is 0 Å². The van der Waals surface area contributed by atoms with Crippen molar-refractivity contribution < 1.29 is 0 Å². The molecule has 1 aliphatic rings. The fourth-order valence-electron chi connectivity index (χ4n) is 2.90. The van der Waals surface area contributed by atoms with Gasteiger partial charge in [0.25, 0.3) is 0 Å². The second-order valence-corrected chi connectivity index (χ2v) is 6.70. The predicted octanol–water partition coefficient (Wildman–Crippen LogP) is 3.80. The van der Waals surface area contributed by atoms with Gasteiger partial charge in [0.15, 0.2) is 0 Å². The van der Waals surface area contributed by atoms with Crippen LogP contribution in [0, 0.1) is 5.92 Å². The van der Waals surface area contributed by atoms with Crippen molar-refractivity contribution in [3.63, 3.8) is 0 Å². The summed E-state index contributed by atoms with van der Waals surface area (Å²) in [7, 11) is 2.22. The summed E-state index contributed by atoms with van der Waals surface area (Å²) >= 11 is 0. The van der Waals surface area contributed by atoms with Crippen molar-refractivity contribution >= 4 is 0 Å². The first-order valence-electron chi connectivity index (χ1n) is 8.08. The lowest BCUT2D eigenvalue weighted by Gasteiger charge is -2.30. The SMILES string of the molecule is CC(C)c1ccc(C(C)NCC2CCN(C)CC2)cc1. The third-order valence-electron chi connectivity index (χ3n) is 4.65. The largest absolute Gasteiger partial charge is 0.310 e. The van der Waals surface area contributed by atoms with Crippen LogP contribution in [0.15, 0.2) is 24.3 Å². The third-order valence-corrected chi connectivity index (χ3v) is 4.65. The first-order chi connectivity index (χ1) is 9.56. The molecule has 1 aromatic carbocycles. The highest BCUT2D eigenvalue weighted by molar-refractivity contribution is 5.26. The summed E-state index contributed by atoms with van der Waals surface area (Å²) in [5.74, 6) is 1.47. The summed E-state index contributed by atoms with van der Waals surface area (Å²) in [4.78, 5) is 2.44. The molecule has 20 heavy (non-hydrogen) atoms. The van der Waals surface area contributed by atoms with E-state index in [2.05, 4.69) is 62.3 Å². The number of rotatable bonds is 5. The van der Waals surface area contributed by atoms with Crippen LogP contribution in [0.1, 0.15) is 56.7 Å². The van der Waals surface area contributed by atoms with Gasteiger partial charge >= 0.3 is 0 Å². The van der Waals surface area contributed by atoms with E-state index in [4.69, 9.17) is 0 Å². The Morgan fingerprint density at radius 2 is 1.60 bits per heavy atom. The molecule has 1 saturated heterocycles. The number of nitrogens with one attached hydrogen (secondary N) is 1. The van der Waals surface area contributed by atoms with Gasteiger partial charge in [-0.3, -0.25) is 0 Å². The third kappa shape index (κ3) is 4.32. The van der Waals surface area contributed by atoms with Crippen LogP contribution in [0.2, 0.25) is 0 Å². The molecule has 112 valence electrons. The van der Waals surface area contributed by atoms with E-state index in [1.807, 2.05) is 0 Å². The molecular formula is C18H30N2. The second-order valence-electron chi connectivity index (χ2n) is 6.70. The predicted molar refractivity (Wildman–Crippen MR) is 87.2 cm³/mol. The molecule has 1 heterocycles. The van der Waals surface area contributed by atoms with Gasteiger partial charge in [-0.1, -0.05) is 38.1 Å². The molecule has 1 N–H and O–H groups in total. The first kappa shape index (κ1) is 15.5. The van der Waals surface area contributed by atoms with Gasteiger partial charge in [-0.15, -0.1) is 0 Å². The number of benzene rings is 1. The van der Waals surface area contributed by atoms with E-state index in [-0.39, 0.29) is 0 Å². The Bertz CT molecular complexity index is 388. The van der Waals surface area contributed by atoms with Crippen molar-refractivity contribution in [3.05, 3.63) is 35.4 Å². The van der Waals surface area contributed by atoms with Crippen LogP contribution in [0.5, 0.6) is 0 Å². The molecule has 0 aliphatic carbocycles. The van der Waals surface area contributed by atoms with E-state index in [0.29, 0.717) is 12.0 Å². The molecule has 1 unspecified atom stereocenters. The molecule has 0 radical (unpaired) electrons. The smallest absolute Gasteiger partial charge is 0.0291 e. The van der Waals surface area contributed by atoms with Crippen molar-refractivity contribution in [1.82, 2.24) is 10.2 Å². The molecule has 2 nitrogen and oxygen atoms in total. The zero-order valence-electron chi connectivity index (χ0n) is 13.5. The normalized spacial score (nSPS) is 19.4. The molecule has 1 aliphatic heterocycles. The minimum Gasteiger partial charge on any atom is -0.310 e. The van der Waals surface area contributed by atoms with E-state index in [1.54, 1.807) is 0 Å². The van der Waals surface area contributed by atoms with Crippen LogP contribution >= 0.6 is 0 Å². The summed E-state index contributed by atoms with van der Waals surface area (Å²) < 4.78 is 0. The second kappa shape index (κ2) is 7.24. The fourth-order valence-corrected chi connectivity index (χ4v) is 2.90. The van der Waals surface area contributed by atoms with Crippen molar-refractivity contribution in [2.75, 3.05) is 26.7 Å². The van der Waals surface area contributed by atoms with Crippen LogP contribution in [0.25, 0.3) is 0 Å². The van der Waals surface area contributed by atoms with E-state index in [1.165, 1.54) is 37.1 Å². The summed E-state index contributed by atoms with van der Waals surface area (Å²) in [6.07, 6.45) is 2.67. The summed E-state index contributed by atoms with van der Waals surface area (Å²) in [5, 5.41) is 3.71. The fraction of sp³-hybridized carbons (Fsp3) is 0.667. The first-order valence-corrected chi connectivity index (χ1v) is 8.08. The zero-order valence-corrected chi connectivity index (χ0v) is 13.5. The van der Waals surface area contributed by atoms with Gasteiger partial charge in [-0.2, -0.15) is 0 Å². The highest BCUT2D eigenvalue weighted by atomic mass is 15.1. The molecule has 2 heteroatoms. The molecule has 0 aromatic heterocycles. The standard InChI is InChI=1S/C18H30N2/c1-14(2)17-5-7-18(8-6-17)15(3)19-13-16-9-11-20(4)12-10-16/h5-8,14-16,19H,9-13H2,1-4H3. The van der Waals surface area contributed by atoms with Crippen LogP contribution in [-0.4, -0.2) is 31.6 Å². The molecule has 2 rings (SSSR count). The van der Waals surface area contributed by atoms with Gasteiger partial charge in [0.2, 0.25) is 0 Å². The van der Waals surface area contributed by atoms with Gasteiger partial charge in [0, 0.05) is 6.04 Å². The van der Waals surface area contributed by atoms with E-state index in [9.17, 15) is 0 Å². The Morgan fingerprint density at radius 3 is 2.15 bits per heavy atom. The Kier molecular flexibility index (Phi) is 5.62. The Hall–Kier alpha value is -0.860. The van der Waals surface area contributed by atoms with Crippen molar-refractivity contribution in [2.45, 2.75) is 45.6 Å². The van der Waals surface area contributed by atoms with E-state index >= 15 is 0 Å². The van der Waals surface area contributed by atoms with Gasteiger partial charge in [0.1, 0.15) is 0 Å². The minimum absolute atomic E-state index is 0.455. The molecule has 0 amide bonds. The molecule has 0 saturated carbocycles. The number of piperidine rings is 1. The van der Waals surface area contributed by atoms with Crippen LogP contribution < -0.4 is 5.32 Å². The molecule has 0 spiro atoms. The lowest BCUT2D eigenvalue weighted by Crippen LogP contribution is -2.35. The molecule has 1 aromatic rings. The molecule has 0 bridgehead atoms. The number of likely N-dealkylation sites (tertiary alicyclic amines) is 1. The van der Waals surface area contributed by atoms with Crippen molar-refractivity contribution in [2.24, 2.45) is 5.92 Å². The molecule has 1 fully saturated rings. The van der Waals surface area contributed by atoms with E-state index in [0.717, 1.165) is 12.5 Å². The maximum atomic E-state index is 3.71. The molecular weight excluding hydrogens is 244 g/mol. The molecule has 1 atom stereocenters. The Balaban J connectivity index is 1.80. The Labute approximate surface area is 124 Å². The lowest BCUT2D eigenvalue weighted by atomic mass is 9.96. The number of hydrogen-bond donors (Lipinski definition) is 1. The lowest BCUT2D eigenvalue weighted by molar-refractivity contribution is 0.213. The zero-order chi connectivity index (χ0) is 14.5. The summed E-state index contributed by atoms with van der Waals surface area (Å²) in [6, 6.07) is 9.56. The average molecular weight is 274 g/mol. The van der Waals surface area contributed by atoms with Crippen molar-refractivity contribution in [1.29, 1.82) is 0 Å². The monoisotopic (exact) mass is 274 g/mol. The highest BCUT2D eigenvalue weighted by Crippen LogP contribution is 2.20. The number of nitrogens with zero attached hydrogens (tertiary/aromatic N) is 1. The van der Waals surface area contributed by atoms with Crippen molar-refractivity contribution in [3.8, 4) is 0 Å². The van der Waals surface area contributed by atoms with Gasteiger partial charge in [-0.05, 0) is 69.4 Å². The number of hydrogen-bond acceptors (Lipinski definition) is 2. The summed E-state index contributed by atoms with van der Waals surface area (Å²) in [6.45, 7) is 10.4. The minimum atomic E-state index is 0.455. The van der Waals surface area contributed by atoms with Gasteiger partial charge in [-0.25, -0.2) is 0 Å². The topological polar surface area (TPSA) is 15.3 Å². The highest BCUT2D eigenvalue weighted by Gasteiger charge is 2.17. The quantitative estimate of drug-likeness (QED) is 0.878. The summed E-state index contributed by atoms with van der Waals surface area (Å²) in [5.41, 5.74) is 2.83. The average Bonchev–Trinajstić information content (AvgIpc) is 2.46. The van der Waals surface area contributed by atoms with E-state index < -0.39 is 0 Å².